The van der Waals surface area contributed by atoms with Crippen molar-refractivity contribution in [2.45, 2.75) is 32.7 Å². The fraction of sp³-hybridized carbons (Fsp3) is 0.875. The molecule has 0 unspecified atom stereocenters. The minimum atomic E-state index is 0.254. The number of carbonyl (C=O) groups excluding carboxylic acids is 1. The molecule has 0 saturated heterocycles. The van der Waals surface area contributed by atoms with E-state index < -0.39 is 0 Å². The molecule has 0 spiro atoms. The topological polar surface area (TPSA) is 55.1 Å². The molecule has 0 bridgehead atoms. The van der Waals surface area contributed by atoms with Crippen LogP contribution in [0.2, 0.25) is 0 Å². The maximum Gasteiger partial charge on any atom is 0.146 e. The monoisotopic (exact) mass is 158 g/mol. The second kappa shape index (κ2) is 6.31. The van der Waals surface area contributed by atoms with Gasteiger partial charge < -0.3 is 11.1 Å². The first-order chi connectivity index (χ1) is 5.16. The lowest BCUT2D eigenvalue weighted by molar-refractivity contribution is -0.118. The highest BCUT2D eigenvalue weighted by atomic mass is 16.1. The van der Waals surface area contributed by atoms with E-state index in [9.17, 15) is 4.79 Å². The minimum Gasteiger partial charge on any atom is -0.330 e. The molecule has 0 aromatic rings. The van der Waals surface area contributed by atoms with Gasteiger partial charge in [0.1, 0.15) is 5.78 Å². The molecule has 0 rings (SSSR count). The van der Waals surface area contributed by atoms with Crippen molar-refractivity contribution in [1.29, 1.82) is 0 Å². The molecule has 0 heterocycles. The summed E-state index contributed by atoms with van der Waals surface area (Å²) in [7, 11) is 0. The van der Waals surface area contributed by atoms with E-state index in [2.05, 4.69) is 5.32 Å². The summed E-state index contributed by atoms with van der Waals surface area (Å²) in [4.78, 5) is 11.0. The second-order valence-electron chi connectivity index (χ2n) is 2.97. The zero-order chi connectivity index (χ0) is 8.69. The van der Waals surface area contributed by atoms with Crippen LogP contribution >= 0.6 is 0 Å². The van der Waals surface area contributed by atoms with Gasteiger partial charge in [-0.25, -0.2) is 0 Å². The van der Waals surface area contributed by atoms with Gasteiger partial charge in [0.05, 0.1) is 6.54 Å². The normalized spacial score (nSPS) is 10.5. The summed E-state index contributed by atoms with van der Waals surface area (Å²) in [6, 6.07) is 0.386. The van der Waals surface area contributed by atoms with Gasteiger partial charge in [-0.2, -0.15) is 0 Å². The molecule has 66 valence electrons. The molecule has 0 atom stereocenters. The minimum absolute atomic E-state index is 0.254. The third kappa shape index (κ3) is 7.49. The molecular weight excluding hydrogens is 140 g/mol. The summed E-state index contributed by atoms with van der Waals surface area (Å²) in [6.45, 7) is 5.14. The van der Waals surface area contributed by atoms with Crippen molar-refractivity contribution in [1.82, 2.24) is 5.32 Å². The molecule has 3 nitrogen and oxygen atoms in total. The Labute approximate surface area is 68.3 Å². The third-order valence-electron chi connectivity index (χ3n) is 1.37. The summed E-state index contributed by atoms with van der Waals surface area (Å²) in [6.07, 6.45) is 1.41. The first-order valence-corrected chi connectivity index (χ1v) is 4.12. The van der Waals surface area contributed by atoms with Gasteiger partial charge in [-0.3, -0.25) is 4.79 Å². The summed E-state index contributed by atoms with van der Waals surface area (Å²) in [5.41, 5.74) is 5.26. The van der Waals surface area contributed by atoms with Crippen LogP contribution in [0, 0.1) is 0 Å². The van der Waals surface area contributed by atoms with Crippen molar-refractivity contribution in [2.75, 3.05) is 13.1 Å². The summed E-state index contributed by atoms with van der Waals surface area (Å²) in [5.74, 6) is 0.254. The number of rotatable bonds is 6. The van der Waals surface area contributed by atoms with Crippen molar-refractivity contribution in [2.24, 2.45) is 5.73 Å². The molecular formula is C8H18N2O. The Hall–Kier alpha value is -0.410. The van der Waals surface area contributed by atoms with E-state index in [0.29, 0.717) is 25.6 Å². The Morgan fingerprint density at radius 2 is 2.18 bits per heavy atom. The predicted molar refractivity (Wildman–Crippen MR) is 46.4 cm³/mol. The lowest BCUT2D eigenvalue weighted by atomic mass is 10.2. The third-order valence-corrected chi connectivity index (χ3v) is 1.37. The number of nitrogens with one attached hydrogen (secondary N) is 1. The molecule has 0 aromatic carbocycles. The molecule has 0 radical (unpaired) electrons. The van der Waals surface area contributed by atoms with Crippen molar-refractivity contribution in [3.63, 3.8) is 0 Å². The van der Waals surface area contributed by atoms with Gasteiger partial charge in [0.25, 0.3) is 0 Å². The molecule has 0 fully saturated rings. The number of carbonyl (C=O) groups is 1. The van der Waals surface area contributed by atoms with E-state index >= 15 is 0 Å². The van der Waals surface area contributed by atoms with E-state index in [-0.39, 0.29) is 5.78 Å². The smallest absolute Gasteiger partial charge is 0.146 e. The van der Waals surface area contributed by atoms with Crippen LogP contribution in [-0.4, -0.2) is 24.9 Å². The molecule has 0 aliphatic rings. The highest BCUT2D eigenvalue weighted by Gasteiger charge is 2.00. The largest absolute Gasteiger partial charge is 0.330 e. The fourth-order valence-electron chi connectivity index (χ4n) is 0.706. The van der Waals surface area contributed by atoms with Crippen molar-refractivity contribution in [3.05, 3.63) is 0 Å². The van der Waals surface area contributed by atoms with Crippen LogP contribution < -0.4 is 11.1 Å². The van der Waals surface area contributed by atoms with E-state index in [1.54, 1.807) is 0 Å². The van der Waals surface area contributed by atoms with Gasteiger partial charge in [0, 0.05) is 12.5 Å². The Morgan fingerprint density at radius 3 is 2.64 bits per heavy atom. The highest BCUT2D eigenvalue weighted by molar-refractivity contribution is 5.80. The van der Waals surface area contributed by atoms with Gasteiger partial charge >= 0.3 is 0 Å². The zero-order valence-electron chi connectivity index (χ0n) is 7.39. The van der Waals surface area contributed by atoms with E-state index in [1.165, 1.54) is 0 Å². The van der Waals surface area contributed by atoms with Gasteiger partial charge in [-0.1, -0.05) is 13.8 Å². The first-order valence-electron chi connectivity index (χ1n) is 4.12. The van der Waals surface area contributed by atoms with Crippen molar-refractivity contribution < 1.29 is 4.79 Å². The molecule has 0 amide bonds. The lowest BCUT2D eigenvalue weighted by Gasteiger charge is -2.05. The van der Waals surface area contributed by atoms with Gasteiger partial charge in [-0.05, 0) is 13.0 Å². The van der Waals surface area contributed by atoms with Crippen LogP contribution in [0.5, 0.6) is 0 Å². The lowest BCUT2D eigenvalue weighted by Crippen LogP contribution is -2.29. The summed E-state index contributed by atoms with van der Waals surface area (Å²) in [5, 5.41) is 3.06. The van der Waals surface area contributed by atoms with E-state index in [1.807, 2.05) is 13.8 Å². The Balaban J connectivity index is 3.23. The van der Waals surface area contributed by atoms with Crippen LogP contribution in [-0.2, 0) is 4.79 Å². The average Bonchev–Trinajstić information content (AvgIpc) is 1.97. The van der Waals surface area contributed by atoms with Crippen LogP contribution in [0.15, 0.2) is 0 Å². The molecule has 0 aliphatic heterocycles. The second-order valence-corrected chi connectivity index (χ2v) is 2.97. The van der Waals surface area contributed by atoms with Crippen molar-refractivity contribution in [3.8, 4) is 0 Å². The summed E-state index contributed by atoms with van der Waals surface area (Å²) < 4.78 is 0. The van der Waals surface area contributed by atoms with Gasteiger partial charge in [0.2, 0.25) is 0 Å². The van der Waals surface area contributed by atoms with Crippen LogP contribution in [0.1, 0.15) is 26.7 Å². The zero-order valence-corrected chi connectivity index (χ0v) is 7.39. The molecule has 11 heavy (non-hydrogen) atoms. The number of hydrogen-bond donors (Lipinski definition) is 2. The molecule has 3 N–H and O–H groups in total. The quantitative estimate of drug-likeness (QED) is 0.584. The number of ketones is 1. The molecule has 3 heteroatoms. The Morgan fingerprint density at radius 1 is 1.55 bits per heavy atom. The predicted octanol–water partition coefficient (Wildman–Crippen LogP) is 0.292. The van der Waals surface area contributed by atoms with Crippen LogP contribution in [0.25, 0.3) is 0 Å². The highest BCUT2D eigenvalue weighted by Crippen LogP contribution is 1.87. The number of Topliss-reactive ketones (excluding diaryl/α,β-unsaturated/α-hetero) is 1. The van der Waals surface area contributed by atoms with E-state index in [0.717, 1.165) is 6.42 Å². The van der Waals surface area contributed by atoms with E-state index in [4.69, 9.17) is 5.73 Å². The Kier molecular flexibility index (Phi) is 6.07. The number of hydrogen-bond acceptors (Lipinski definition) is 3. The van der Waals surface area contributed by atoms with Crippen molar-refractivity contribution >= 4 is 5.78 Å². The SMILES string of the molecule is CC(C)NCC(=O)CCCN. The van der Waals surface area contributed by atoms with Crippen LogP contribution in [0.4, 0.5) is 0 Å². The fourth-order valence-corrected chi connectivity index (χ4v) is 0.706. The molecule has 0 saturated carbocycles. The summed E-state index contributed by atoms with van der Waals surface area (Å²) >= 11 is 0. The first kappa shape index (κ1) is 10.6. The maximum absolute atomic E-state index is 11.0. The average molecular weight is 158 g/mol. The standard InChI is InChI=1S/C8H18N2O/c1-7(2)10-6-8(11)4-3-5-9/h7,10H,3-6,9H2,1-2H3. The number of nitrogens with two attached hydrogens (primary N) is 1. The Bertz CT molecular complexity index is 113. The molecule has 0 aromatic heterocycles. The van der Waals surface area contributed by atoms with Gasteiger partial charge in [-0.15, -0.1) is 0 Å². The van der Waals surface area contributed by atoms with Gasteiger partial charge in [0.15, 0.2) is 0 Å². The van der Waals surface area contributed by atoms with Crippen LogP contribution in [0.3, 0.4) is 0 Å². The molecule has 0 aliphatic carbocycles. The maximum atomic E-state index is 11.0.